The molecule has 0 saturated carbocycles. The van der Waals surface area contributed by atoms with E-state index < -0.39 is 0 Å². The molecule has 7 nitrogen and oxygen atoms in total. The maximum Gasteiger partial charge on any atom is 0.191 e. The lowest BCUT2D eigenvalue weighted by atomic mass is 10.2. The fourth-order valence-corrected chi connectivity index (χ4v) is 3.92. The molecule has 0 spiro atoms. The summed E-state index contributed by atoms with van der Waals surface area (Å²) in [5, 5.41) is 12.4. The van der Waals surface area contributed by atoms with Gasteiger partial charge in [-0.15, -0.1) is 24.0 Å². The third-order valence-electron chi connectivity index (χ3n) is 5.40. The first kappa shape index (κ1) is 24.7. The molecule has 30 heavy (non-hydrogen) atoms. The van der Waals surface area contributed by atoms with Gasteiger partial charge in [0, 0.05) is 61.8 Å². The normalized spacial score (nSPS) is 16.5. The fraction of sp³-hybridized carbons (Fsp3) is 0.524. The van der Waals surface area contributed by atoms with E-state index in [2.05, 4.69) is 38.6 Å². The SMILES string of the molecule is CN=C(NCc1c(C)nn(CCOC)c1C)NC1CCN(c2cccc(Cl)c2)C1.I. The predicted octanol–water partition coefficient (Wildman–Crippen LogP) is 3.36. The second-order valence-corrected chi connectivity index (χ2v) is 7.78. The molecule has 3 rings (SSSR count). The third-order valence-corrected chi connectivity index (χ3v) is 5.63. The maximum absolute atomic E-state index is 6.14. The van der Waals surface area contributed by atoms with Crippen molar-refractivity contribution >= 4 is 47.2 Å². The van der Waals surface area contributed by atoms with Gasteiger partial charge in [-0.25, -0.2) is 0 Å². The molecular formula is C21H32ClIN6O. The van der Waals surface area contributed by atoms with Gasteiger partial charge < -0.3 is 20.3 Å². The zero-order chi connectivity index (χ0) is 20.8. The van der Waals surface area contributed by atoms with Gasteiger partial charge in [-0.2, -0.15) is 5.10 Å². The number of rotatable bonds is 7. The van der Waals surface area contributed by atoms with E-state index in [1.54, 1.807) is 14.2 Å². The number of aryl methyl sites for hydroxylation is 1. The quantitative estimate of drug-likeness (QED) is 0.317. The molecule has 1 aromatic heterocycles. The van der Waals surface area contributed by atoms with Crippen LogP contribution in [0.2, 0.25) is 5.02 Å². The summed E-state index contributed by atoms with van der Waals surface area (Å²) < 4.78 is 7.18. The summed E-state index contributed by atoms with van der Waals surface area (Å²) >= 11 is 6.14. The van der Waals surface area contributed by atoms with E-state index in [9.17, 15) is 0 Å². The molecule has 1 aliphatic rings. The molecule has 2 aromatic rings. The molecule has 1 unspecified atom stereocenters. The highest BCUT2D eigenvalue weighted by Crippen LogP contribution is 2.23. The monoisotopic (exact) mass is 546 g/mol. The van der Waals surface area contributed by atoms with Gasteiger partial charge in [0.15, 0.2) is 5.96 Å². The van der Waals surface area contributed by atoms with Gasteiger partial charge in [0.25, 0.3) is 0 Å². The highest BCUT2D eigenvalue weighted by atomic mass is 127. The molecular weight excluding hydrogens is 515 g/mol. The molecule has 166 valence electrons. The van der Waals surface area contributed by atoms with Crippen molar-refractivity contribution in [3.05, 3.63) is 46.2 Å². The minimum Gasteiger partial charge on any atom is -0.383 e. The van der Waals surface area contributed by atoms with Crippen LogP contribution >= 0.6 is 35.6 Å². The highest BCUT2D eigenvalue weighted by Gasteiger charge is 2.23. The van der Waals surface area contributed by atoms with Crippen LogP contribution in [0, 0.1) is 13.8 Å². The van der Waals surface area contributed by atoms with Crippen molar-refractivity contribution in [1.82, 2.24) is 20.4 Å². The summed E-state index contributed by atoms with van der Waals surface area (Å²) in [5.41, 5.74) is 4.57. The van der Waals surface area contributed by atoms with Crippen LogP contribution in [0.5, 0.6) is 0 Å². The topological polar surface area (TPSA) is 66.7 Å². The first-order valence-electron chi connectivity index (χ1n) is 10.0. The van der Waals surface area contributed by atoms with Crippen LogP contribution in [-0.2, 0) is 17.8 Å². The van der Waals surface area contributed by atoms with Crippen molar-refractivity contribution in [2.75, 3.05) is 38.8 Å². The molecule has 0 radical (unpaired) electrons. The summed E-state index contributed by atoms with van der Waals surface area (Å²) in [6.45, 7) is 8.18. The number of methoxy groups -OCH3 is 1. The number of hydrogen-bond acceptors (Lipinski definition) is 4. The summed E-state index contributed by atoms with van der Waals surface area (Å²) in [4.78, 5) is 6.75. The summed E-state index contributed by atoms with van der Waals surface area (Å²) in [5.74, 6) is 0.811. The van der Waals surface area contributed by atoms with Gasteiger partial charge in [-0.3, -0.25) is 9.67 Å². The summed E-state index contributed by atoms with van der Waals surface area (Å²) in [7, 11) is 3.51. The molecule has 0 amide bonds. The minimum atomic E-state index is 0. The molecule has 0 aliphatic carbocycles. The first-order chi connectivity index (χ1) is 14.0. The molecule has 2 heterocycles. The highest BCUT2D eigenvalue weighted by molar-refractivity contribution is 14.0. The standard InChI is InChI=1S/C21H31ClN6O.HI/c1-15-20(16(2)28(26-15)10-11-29-4)13-24-21(23-3)25-18-8-9-27(14-18)19-7-5-6-17(22)12-19;/h5-7,12,18H,8-11,13-14H2,1-4H3,(H2,23,24,25);1H. The van der Waals surface area contributed by atoms with Crippen molar-refractivity contribution in [2.45, 2.75) is 39.4 Å². The number of guanidine groups is 1. The number of benzene rings is 1. The molecule has 1 atom stereocenters. The molecule has 1 aromatic carbocycles. The average molecular weight is 547 g/mol. The van der Waals surface area contributed by atoms with Crippen LogP contribution in [0.25, 0.3) is 0 Å². The Morgan fingerprint density at radius 2 is 2.17 bits per heavy atom. The van der Waals surface area contributed by atoms with Gasteiger partial charge in [-0.1, -0.05) is 17.7 Å². The average Bonchev–Trinajstić information content (AvgIpc) is 3.28. The molecule has 2 N–H and O–H groups in total. The molecule has 9 heteroatoms. The summed E-state index contributed by atoms with van der Waals surface area (Å²) in [6.07, 6.45) is 1.06. The van der Waals surface area contributed by atoms with Crippen LogP contribution in [-0.4, -0.2) is 55.6 Å². The van der Waals surface area contributed by atoms with E-state index in [1.165, 1.54) is 11.3 Å². The second-order valence-electron chi connectivity index (χ2n) is 7.35. The van der Waals surface area contributed by atoms with Crippen LogP contribution < -0.4 is 15.5 Å². The van der Waals surface area contributed by atoms with Crippen LogP contribution in [0.1, 0.15) is 23.4 Å². The maximum atomic E-state index is 6.14. The molecule has 0 bridgehead atoms. The Balaban J connectivity index is 0.00000320. The number of hydrogen-bond donors (Lipinski definition) is 2. The van der Waals surface area contributed by atoms with E-state index >= 15 is 0 Å². The second kappa shape index (κ2) is 11.8. The van der Waals surface area contributed by atoms with E-state index in [-0.39, 0.29) is 24.0 Å². The predicted molar refractivity (Wildman–Crippen MR) is 134 cm³/mol. The first-order valence-corrected chi connectivity index (χ1v) is 10.4. The fourth-order valence-electron chi connectivity index (χ4n) is 3.73. The van der Waals surface area contributed by atoms with Crippen molar-refractivity contribution in [3.8, 4) is 0 Å². The number of nitrogens with zero attached hydrogens (tertiary/aromatic N) is 4. The van der Waals surface area contributed by atoms with Crippen LogP contribution in [0.15, 0.2) is 29.3 Å². The van der Waals surface area contributed by atoms with Gasteiger partial charge >= 0.3 is 0 Å². The van der Waals surface area contributed by atoms with E-state index in [1.807, 2.05) is 29.8 Å². The van der Waals surface area contributed by atoms with E-state index in [4.69, 9.17) is 16.3 Å². The zero-order valence-electron chi connectivity index (χ0n) is 18.1. The zero-order valence-corrected chi connectivity index (χ0v) is 21.2. The third kappa shape index (κ3) is 6.24. The van der Waals surface area contributed by atoms with Gasteiger partial charge in [-0.05, 0) is 38.5 Å². The number of aromatic nitrogens is 2. The number of anilines is 1. The van der Waals surface area contributed by atoms with Crippen molar-refractivity contribution in [1.29, 1.82) is 0 Å². The number of halogens is 2. The Hall–Kier alpha value is -1.52. The lowest BCUT2D eigenvalue weighted by molar-refractivity contribution is 0.182. The van der Waals surface area contributed by atoms with Gasteiger partial charge in [0.1, 0.15) is 0 Å². The van der Waals surface area contributed by atoms with Gasteiger partial charge in [0.05, 0.1) is 18.8 Å². The van der Waals surface area contributed by atoms with Crippen molar-refractivity contribution in [3.63, 3.8) is 0 Å². The molecule has 1 aliphatic heterocycles. The van der Waals surface area contributed by atoms with Crippen LogP contribution in [0.3, 0.4) is 0 Å². The van der Waals surface area contributed by atoms with E-state index in [0.29, 0.717) is 19.2 Å². The lowest BCUT2D eigenvalue weighted by Crippen LogP contribution is -2.44. The Labute approximate surface area is 201 Å². The smallest absolute Gasteiger partial charge is 0.191 e. The lowest BCUT2D eigenvalue weighted by Gasteiger charge is -2.20. The Kier molecular flexibility index (Phi) is 9.70. The number of ether oxygens (including phenoxy) is 1. The Bertz CT molecular complexity index is 856. The Morgan fingerprint density at radius 1 is 1.37 bits per heavy atom. The largest absolute Gasteiger partial charge is 0.383 e. The molecule has 1 fully saturated rings. The van der Waals surface area contributed by atoms with Gasteiger partial charge in [0.2, 0.25) is 0 Å². The summed E-state index contributed by atoms with van der Waals surface area (Å²) in [6, 6.07) is 8.37. The van der Waals surface area contributed by atoms with Crippen LogP contribution in [0.4, 0.5) is 5.69 Å². The van der Waals surface area contributed by atoms with Crippen molar-refractivity contribution in [2.24, 2.45) is 4.99 Å². The van der Waals surface area contributed by atoms with E-state index in [0.717, 1.165) is 48.4 Å². The minimum absolute atomic E-state index is 0. The number of nitrogens with one attached hydrogen (secondary N) is 2. The number of aliphatic imine (C=N–C) groups is 1. The Morgan fingerprint density at radius 3 is 2.87 bits per heavy atom. The van der Waals surface area contributed by atoms with Crippen molar-refractivity contribution < 1.29 is 4.74 Å². The molecule has 1 saturated heterocycles.